The van der Waals surface area contributed by atoms with Crippen molar-refractivity contribution in [3.05, 3.63) is 83.4 Å². The molecule has 0 unspecified atom stereocenters. The highest BCUT2D eigenvalue weighted by molar-refractivity contribution is 5.75. The van der Waals surface area contributed by atoms with Crippen LogP contribution in [-0.2, 0) is 11.2 Å². The lowest BCUT2D eigenvalue weighted by Crippen LogP contribution is -2.25. The van der Waals surface area contributed by atoms with Crippen LogP contribution in [0.5, 0.6) is 11.5 Å². The number of carbonyl (C=O) groups excluding carboxylic acids is 1. The predicted octanol–water partition coefficient (Wildman–Crippen LogP) is 8.64. The summed E-state index contributed by atoms with van der Waals surface area (Å²) >= 11 is 0. The Balaban J connectivity index is 1.30. The summed E-state index contributed by atoms with van der Waals surface area (Å²) in [6.07, 6.45) is 7.90. The van der Waals surface area contributed by atoms with Gasteiger partial charge in [0.2, 0.25) is 11.6 Å². The number of benzene rings is 3. The molecule has 3 aromatic rings. The molecule has 3 nitrogen and oxygen atoms in total. The van der Waals surface area contributed by atoms with Crippen molar-refractivity contribution >= 4 is 5.97 Å². The fraction of sp³-hybridized carbons (Fsp3) is 0.406. The van der Waals surface area contributed by atoms with Gasteiger partial charge in [0.1, 0.15) is 0 Å². The monoisotopic (exact) mass is 506 g/mol. The molecule has 0 heterocycles. The molecule has 3 aromatic carbocycles. The normalized spacial score (nSPS) is 17.4. The van der Waals surface area contributed by atoms with Crippen molar-refractivity contribution in [1.29, 1.82) is 0 Å². The molecule has 0 amide bonds. The first-order valence-corrected chi connectivity index (χ1v) is 13.5. The molecular formula is C32H36F2O3. The summed E-state index contributed by atoms with van der Waals surface area (Å²) < 4.78 is 38.7. The summed E-state index contributed by atoms with van der Waals surface area (Å²) in [5.74, 6) is -3.36. The second-order valence-corrected chi connectivity index (χ2v) is 9.87. The minimum atomic E-state index is -1.20. The van der Waals surface area contributed by atoms with Crippen molar-refractivity contribution < 1.29 is 23.0 Å². The van der Waals surface area contributed by atoms with Gasteiger partial charge in [0.05, 0.1) is 12.5 Å². The third kappa shape index (κ3) is 6.76. The Morgan fingerprint density at radius 1 is 0.784 bits per heavy atom. The van der Waals surface area contributed by atoms with Crippen molar-refractivity contribution in [2.24, 2.45) is 5.92 Å². The van der Waals surface area contributed by atoms with Crippen LogP contribution in [-0.4, -0.2) is 12.6 Å². The number of halogens is 2. The zero-order valence-corrected chi connectivity index (χ0v) is 21.8. The zero-order valence-electron chi connectivity index (χ0n) is 21.8. The Bertz CT molecular complexity index is 1160. The Labute approximate surface area is 218 Å². The van der Waals surface area contributed by atoms with Gasteiger partial charge in [-0.1, -0.05) is 68.3 Å². The van der Waals surface area contributed by atoms with Crippen molar-refractivity contribution in [2.45, 2.75) is 71.1 Å². The van der Waals surface area contributed by atoms with E-state index in [1.54, 1.807) is 6.92 Å². The SMILES string of the molecule is CCCCCc1ccc(-c2ccc(C3CCC(C(=O)Oc4ccc(OCC)c(F)c4F)CC3)cc2)cc1. The lowest BCUT2D eigenvalue weighted by molar-refractivity contribution is -0.140. The lowest BCUT2D eigenvalue weighted by Gasteiger charge is -2.27. The molecule has 0 aliphatic heterocycles. The van der Waals surface area contributed by atoms with E-state index < -0.39 is 23.4 Å². The van der Waals surface area contributed by atoms with Gasteiger partial charge in [-0.2, -0.15) is 8.78 Å². The molecular weight excluding hydrogens is 470 g/mol. The Hall–Kier alpha value is -3.21. The van der Waals surface area contributed by atoms with Crippen molar-refractivity contribution in [1.82, 2.24) is 0 Å². The van der Waals surface area contributed by atoms with Crippen LogP contribution < -0.4 is 9.47 Å². The highest BCUT2D eigenvalue weighted by atomic mass is 19.2. The van der Waals surface area contributed by atoms with Gasteiger partial charge in [0.15, 0.2) is 11.5 Å². The molecule has 0 atom stereocenters. The summed E-state index contributed by atoms with van der Waals surface area (Å²) in [7, 11) is 0. The number of aryl methyl sites for hydroxylation is 1. The quantitative estimate of drug-likeness (QED) is 0.157. The molecule has 1 fully saturated rings. The second kappa shape index (κ2) is 12.8. The molecule has 4 rings (SSSR count). The Morgan fingerprint density at radius 3 is 2.00 bits per heavy atom. The van der Waals surface area contributed by atoms with E-state index in [-0.39, 0.29) is 18.3 Å². The molecule has 0 N–H and O–H groups in total. The van der Waals surface area contributed by atoms with E-state index in [1.165, 1.54) is 53.6 Å². The van der Waals surface area contributed by atoms with E-state index in [9.17, 15) is 13.6 Å². The van der Waals surface area contributed by atoms with Crippen LogP contribution in [0.3, 0.4) is 0 Å². The van der Waals surface area contributed by atoms with Gasteiger partial charge in [-0.05, 0) is 85.8 Å². The van der Waals surface area contributed by atoms with E-state index in [4.69, 9.17) is 9.47 Å². The minimum absolute atomic E-state index is 0.189. The number of unbranched alkanes of at least 4 members (excludes halogenated alkanes) is 2. The molecule has 5 heteroatoms. The highest BCUT2D eigenvalue weighted by Gasteiger charge is 2.29. The van der Waals surface area contributed by atoms with Crippen LogP contribution >= 0.6 is 0 Å². The molecule has 37 heavy (non-hydrogen) atoms. The van der Waals surface area contributed by atoms with Crippen molar-refractivity contribution in [3.63, 3.8) is 0 Å². The third-order valence-electron chi connectivity index (χ3n) is 7.32. The summed E-state index contributed by atoms with van der Waals surface area (Å²) in [5, 5.41) is 0. The minimum Gasteiger partial charge on any atom is -0.491 e. The molecule has 0 radical (unpaired) electrons. The maximum absolute atomic E-state index is 14.3. The van der Waals surface area contributed by atoms with E-state index >= 15 is 0 Å². The first-order chi connectivity index (χ1) is 18.0. The molecule has 0 bridgehead atoms. The first kappa shape index (κ1) is 26.8. The van der Waals surface area contributed by atoms with Gasteiger partial charge < -0.3 is 9.47 Å². The summed E-state index contributed by atoms with van der Waals surface area (Å²) in [6.45, 7) is 4.13. The second-order valence-electron chi connectivity index (χ2n) is 9.87. The summed E-state index contributed by atoms with van der Waals surface area (Å²) in [6, 6.07) is 20.1. The Kier molecular flexibility index (Phi) is 9.32. The van der Waals surface area contributed by atoms with Gasteiger partial charge in [0.25, 0.3) is 0 Å². The van der Waals surface area contributed by atoms with Gasteiger partial charge in [-0.25, -0.2) is 0 Å². The van der Waals surface area contributed by atoms with Gasteiger partial charge in [-0.3, -0.25) is 4.79 Å². The number of rotatable bonds is 10. The fourth-order valence-electron chi connectivity index (χ4n) is 5.10. The molecule has 1 aliphatic carbocycles. The zero-order chi connectivity index (χ0) is 26.2. The Morgan fingerprint density at radius 2 is 1.38 bits per heavy atom. The number of hydrogen-bond acceptors (Lipinski definition) is 3. The molecule has 0 spiro atoms. The average Bonchev–Trinajstić information content (AvgIpc) is 2.93. The molecule has 1 aliphatic rings. The first-order valence-electron chi connectivity index (χ1n) is 13.5. The lowest BCUT2D eigenvalue weighted by atomic mass is 9.78. The van der Waals surface area contributed by atoms with Crippen LogP contribution in [0.15, 0.2) is 60.7 Å². The van der Waals surface area contributed by atoms with Crippen LogP contribution in [0.25, 0.3) is 11.1 Å². The van der Waals surface area contributed by atoms with E-state index in [0.717, 1.165) is 19.3 Å². The van der Waals surface area contributed by atoms with Crippen LogP contribution in [0.1, 0.15) is 75.8 Å². The average molecular weight is 507 g/mol. The van der Waals surface area contributed by atoms with Crippen LogP contribution in [0.4, 0.5) is 8.78 Å². The van der Waals surface area contributed by atoms with Crippen LogP contribution in [0.2, 0.25) is 0 Å². The standard InChI is InChI=1S/C32H36F2O3/c1-3-5-6-7-22-8-10-23(11-9-22)24-12-14-25(15-13-24)26-16-18-27(19-17-26)32(35)37-29-21-20-28(36-4-2)30(33)31(29)34/h8-15,20-21,26-27H,3-7,16-19H2,1-2H3. The van der Waals surface area contributed by atoms with E-state index in [0.29, 0.717) is 18.8 Å². The highest BCUT2D eigenvalue weighted by Crippen LogP contribution is 2.37. The number of hydrogen-bond donors (Lipinski definition) is 0. The number of ether oxygens (including phenoxy) is 2. The largest absolute Gasteiger partial charge is 0.491 e. The fourth-order valence-corrected chi connectivity index (χ4v) is 5.10. The van der Waals surface area contributed by atoms with Gasteiger partial charge in [-0.15, -0.1) is 0 Å². The predicted molar refractivity (Wildman–Crippen MR) is 143 cm³/mol. The molecule has 0 aromatic heterocycles. The molecule has 1 saturated carbocycles. The van der Waals surface area contributed by atoms with Gasteiger partial charge >= 0.3 is 5.97 Å². The maximum atomic E-state index is 14.3. The van der Waals surface area contributed by atoms with Crippen LogP contribution in [0, 0.1) is 17.6 Å². The maximum Gasteiger partial charge on any atom is 0.314 e. The topological polar surface area (TPSA) is 35.5 Å². The van der Waals surface area contributed by atoms with Crippen molar-refractivity contribution in [3.8, 4) is 22.6 Å². The third-order valence-corrected chi connectivity index (χ3v) is 7.32. The van der Waals surface area contributed by atoms with E-state index in [1.807, 2.05) is 0 Å². The molecule has 196 valence electrons. The molecule has 0 saturated heterocycles. The number of esters is 1. The number of carbonyl (C=O) groups is 1. The van der Waals surface area contributed by atoms with Crippen molar-refractivity contribution in [2.75, 3.05) is 6.61 Å². The summed E-state index contributed by atoms with van der Waals surface area (Å²) in [5.41, 5.74) is 5.08. The summed E-state index contributed by atoms with van der Waals surface area (Å²) in [4.78, 5) is 12.6. The van der Waals surface area contributed by atoms with Gasteiger partial charge in [0, 0.05) is 0 Å². The van der Waals surface area contributed by atoms with E-state index in [2.05, 4.69) is 55.5 Å². The smallest absolute Gasteiger partial charge is 0.314 e.